The molecule has 0 fully saturated rings. The number of amides is 1. The third kappa shape index (κ3) is 8.27. The molecule has 1 rings (SSSR count). The van der Waals surface area contributed by atoms with E-state index in [9.17, 15) is 14.7 Å². The predicted octanol–water partition coefficient (Wildman–Crippen LogP) is 3.14. The third-order valence-electron chi connectivity index (χ3n) is 2.73. The Balaban J connectivity index is 2.53. The fourth-order valence-corrected chi connectivity index (χ4v) is 1.76. The van der Waals surface area contributed by atoms with Crippen molar-refractivity contribution in [1.82, 2.24) is 5.32 Å². The van der Waals surface area contributed by atoms with Gasteiger partial charge in [-0.1, -0.05) is 65.1 Å². The van der Waals surface area contributed by atoms with Crippen LogP contribution in [0.5, 0.6) is 0 Å². The van der Waals surface area contributed by atoms with Crippen LogP contribution in [0.15, 0.2) is 30.3 Å². The van der Waals surface area contributed by atoms with Crippen LogP contribution in [0.4, 0.5) is 4.79 Å². The number of ether oxygens (including phenoxy) is 2. The Bertz CT molecular complexity index is 521. The van der Waals surface area contributed by atoms with Crippen molar-refractivity contribution in [2.24, 2.45) is 0 Å². The molecule has 0 spiro atoms. The fourth-order valence-electron chi connectivity index (χ4n) is 1.59. The van der Waals surface area contributed by atoms with Crippen molar-refractivity contribution in [3.8, 4) is 0 Å². The lowest BCUT2D eigenvalue weighted by Crippen LogP contribution is -2.49. The zero-order chi connectivity index (χ0) is 17.5. The number of carbonyl (C=O) groups excluding carboxylic acids is 1. The van der Waals surface area contributed by atoms with Gasteiger partial charge in [-0.25, -0.2) is 9.59 Å². The maximum absolute atomic E-state index is 11.6. The second-order valence-corrected chi connectivity index (χ2v) is 7.17. The van der Waals surface area contributed by atoms with Crippen molar-refractivity contribution >= 4 is 46.9 Å². The average molecular weight is 385 g/mol. The predicted molar refractivity (Wildman–Crippen MR) is 86.9 cm³/mol. The smallest absolute Gasteiger partial charge is 0.408 e. The molecule has 9 heteroatoms. The van der Waals surface area contributed by atoms with Crippen LogP contribution in [-0.2, 0) is 20.9 Å². The van der Waals surface area contributed by atoms with E-state index in [4.69, 9.17) is 39.5 Å². The highest BCUT2D eigenvalue weighted by molar-refractivity contribution is 6.67. The molecule has 0 aliphatic carbocycles. The average Bonchev–Trinajstić information content (AvgIpc) is 2.48. The first-order valence-corrected chi connectivity index (χ1v) is 7.71. The molecule has 0 saturated carbocycles. The standard InChI is InChI=1S/C14H16Cl3NO5/c1-9(22-7-10-5-3-2-4-6-10)11(12(19)20)18-13(21)23-8-14(15,16)17/h2-6,9,11H,7-8H2,1H3,(H,18,21)(H,19,20)/t9-,11+/m1/s1. The van der Waals surface area contributed by atoms with E-state index < -0.39 is 34.6 Å². The lowest BCUT2D eigenvalue weighted by atomic mass is 10.2. The molecule has 1 aromatic carbocycles. The number of halogens is 3. The van der Waals surface area contributed by atoms with Crippen LogP contribution >= 0.6 is 34.8 Å². The largest absolute Gasteiger partial charge is 0.480 e. The summed E-state index contributed by atoms with van der Waals surface area (Å²) in [6.45, 7) is 1.22. The number of hydrogen-bond acceptors (Lipinski definition) is 4. The second-order valence-electron chi connectivity index (χ2n) is 4.65. The number of nitrogens with one attached hydrogen (secondary N) is 1. The van der Waals surface area contributed by atoms with Crippen molar-refractivity contribution in [3.05, 3.63) is 35.9 Å². The van der Waals surface area contributed by atoms with E-state index in [0.29, 0.717) is 0 Å². The van der Waals surface area contributed by atoms with Crippen LogP contribution in [0, 0.1) is 0 Å². The van der Waals surface area contributed by atoms with Gasteiger partial charge < -0.3 is 19.9 Å². The molecule has 0 saturated heterocycles. The van der Waals surface area contributed by atoms with Crippen molar-refractivity contribution < 1.29 is 24.2 Å². The summed E-state index contributed by atoms with van der Waals surface area (Å²) in [4.78, 5) is 22.8. The number of benzene rings is 1. The van der Waals surface area contributed by atoms with Crippen molar-refractivity contribution in [2.75, 3.05) is 6.61 Å². The topological polar surface area (TPSA) is 84.9 Å². The highest BCUT2D eigenvalue weighted by Gasteiger charge is 2.29. The van der Waals surface area contributed by atoms with Crippen LogP contribution in [0.3, 0.4) is 0 Å². The highest BCUT2D eigenvalue weighted by Crippen LogP contribution is 2.25. The highest BCUT2D eigenvalue weighted by atomic mass is 35.6. The third-order valence-corrected chi connectivity index (χ3v) is 3.06. The summed E-state index contributed by atoms with van der Waals surface area (Å²) in [7, 11) is 0. The van der Waals surface area contributed by atoms with Crippen molar-refractivity contribution in [1.29, 1.82) is 0 Å². The van der Waals surface area contributed by atoms with E-state index in [1.807, 2.05) is 30.3 Å². The summed E-state index contributed by atoms with van der Waals surface area (Å²) >= 11 is 16.3. The number of aliphatic carboxylic acids is 1. The Morgan fingerprint density at radius 1 is 1.26 bits per heavy atom. The number of alkyl carbamates (subject to hydrolysis) is 1. The van der Waals surface area contributed by atoms with E-state index in [-0.39, 0.29) is 6.61 Å². The summed E-state index contributed by atoms with van der Waals surface area (Å²) in [6, 6.07) is 7.90. The molecule has 128 valence electrons. The SMILES string of the molecule is C[C@@H](OCc1ccccc1)[C@H](NC(=O)OCC(Cl)(Cl)Cl)C(=O)O. The molecule has 0 radical (unpaired) electrons. The summed E-state index contributed by atoms with van der Waals surface area (Å²) in [5.74, 6) is -1.27. The molecule has 23 heavy (non-hydrogen) atoms. The van der Waals surface area contributed by atoms with Gasteiger partial charge in [0.2, 0.25) is 3.79 Å². The van der Waals surface area contributed by atoms with Crippen LogP contribution in [-0.4, -0.2) is 39.7 Å². The molecule has 0 aromatic heterocycles. The Morgan fingerprint density at radius 3 is 2.39 bits per heavy atom. The number of carboxylic acid groups (broad SMARTS) is 1. The fraction of sp³-hybridized carbons (Fsp3) is 0.429. The molecule has 0 aliphatic rings. The van der Waals surface area contributed by atoms with Gasteiger partial charge in [-0.05, 0) is 12.5 Å². The van der Waals surface area contributed by atoms with Crippen molar-refractivity contribution in [2.45, 2.75) is 29.5 Å². The molecule has 6 nitrogen and oxygen atoms in total. The van der Waals surface area contributed by atoms with Gasteiger partial charge in [0.25, 0.3) is 0 Å². The van der Waals surface area contributed by atoms with E-state index in [1.54, 1.807) is 0 Å². The summed E-state index contributed by atoms with van der Waals surface area (Å²) in [6.07, 6.45) is -1.81. The normalized spacial score (nSPS) is 13.9. The quantitative estimate of drug-likeness (QED) is 0.706. The van der Waals surface area contributed by atoms with Gasteiger partial charge in [-0.2, -0.15) is 0 Å². The summed E-state index contributed by atoms with van der Waals surface area (Å²) < 4.78 is 8.33. The molecule has 0 unspecified atom stereocenters. The lowest BCUT2D eigenvalue weighted by molar-refractivity contribution is -0.143. The number of rotatable bonds is 7. The van der Waals surface area contributed by atoms with Gasteiger partial charge in [0.05, 0.1) is 12.7 Å². The van der Waals surface area contributed by atoms with E-state index >= 15 is 0 Å². The molecular weight excluding hydrogens is 369 g/mol. The van der Waals surface area contributed by atoms with Gasteiger partial charge in [0.15, 0.2) is 6.04 Å². The minimum atomic E-state index is -1.77. The van der Waals surface area contributed by atoms with E-state index in [1.165, 1.54) is 6.92 Å². The van der Waals surface area contributed by atoms with Crippen LogP contribution in [0.2, 0.25) is 0 Å². The number of hydrogen-bond donors (Lipinski definition) is 2. The minimum Gasteiger partial charge on any atom is -0.480 e. The van der Waals surface area contributed by atoms with Gasteiger partial charge >= 0.3 is 12.1 Å². The Hall–Kier alpha value is -1.21. The maximum Gasteiger partial charge on any atom is 0.408 e. The van der Waals surface area contributed by atoms with Gasteiger partial charge in [0.1, 0.15) is 6.61 Å². The Morgan fingerprint density at radius 2 is 1.87 bits per heavy atom. The summed E-state index contributed by atoms with van der Waals surface area (Å²) in [5.41, 5.74) is 0.877. The maximum atomic E-state index is 11.6. The Labute approximate surface area is 148 Å². The molecule has 2 atom stereocenters. The molecular formula is C14H16Cl3NO5. The number of carbonyl (C=O) groups is 2. The first kappa shape index (κ1) is 19.8. The molecule has 2 N–H and O–H groups in total. The van der Waals surface area contributed by atoms with Crippen LogP contribution in [0.25, 0.3) is 0 Å². The van der Waals surface area contributed by atoms with Crippen LogP contribution < -0.4 is 5.32 Å². The van der Waals surface area contributed by atoms with Gasteiger partial charge in [-0.15, -0.1) is 0 Å². The molecule has 1 aromatic rings. The minimum absolute atomic E-state index is 0.205. The molecule has 0 aliphatic heterocycles. The molecule has 0 bridgehead atoms. The zero-order valence-electron chi connectivity index (χ0n) is 12.2. The van der Waals surface area contributed by atoms with E-state index in [2.05, 4.69) is 10.1 Å². The summed E-state index contributed by atoms with van der Waals surface area (Å²) in [5, 5.41) is 11.4. The zero-order valence-corrected chi connectivity index (χ0v) is 14.4. The first-order valence-electron chi connectivity index (χ1n) is 6.57. The van der Waals surface area contributed by atoms with Gasteiger partial charge in [0, 0.05) is 0 Å². The molecule has 0 heterocycles. The van der Waals surface area contributed by atoms with Gasteiger partial charge in [-0.3, -0.25) is 0 Å². The number of carboxylic acids is 1. The van der Waals surface area contributed by atoms with Crippen LogP contribution in [0.1, 0.15) is 12.5 Å². The molecule has 1 amide bonds. The van der Waals surface area contributed by atoms with E-state index in [0.717, 1.165) is 5.56 Å². The monoisotopic (exact) mass is 383 g/mol. The van der Waals surface area contributed by atoms with Crippen molar-refractivity contribution in [3.63, 3.8) is 0 Å². The first-order chi connectivity index (χ1) is 10.7. The second kappa shape index (κ2) is 9.17. The lowest BCUT2D eigenvalue weighted by Gasteiger charge is -2.22. The Kier molecular flexibility index (Phi) is 7.91. The number of alkyl halides is 3.